The molecule has 38 heavy (non-hydrogen) atoms. The molecule has 0 bridgehead atoms. The zero-order chi connectivity index (χ0) is 27.1. The number of hydrazone groups is 1. The summed E-state index contributed by atoms with van der Waals surface area (Å²) in [6, 6.07) is 29.8. The van der Waals surface area contributed by atoms with Crippen molar-refractivity contribution in [1.82, 2.24) is 5.43 Å². The molecule has 0 saturated heterocycles. The molecule has 0 aliphatic heterocycles. The first-order valence-corrected chi connectivity index (χ1v) is 13.4. The van der Waals surface area contributed by atoms with Crippen molar-refractivity contribution >= 4 is 27.3 Å². The number of aryl methyl sites for hydroxylation is 1. The van der Waals surface area contributed by atoms with Gasteiger partial charge in [-0.05, 0) is 61.4 Å². The number of carbonyl (C=O) groups is 1. The van der Waals surface area contributed by atoms with Gasteiger partial charge in [0.15, 0.2) is 0 Å². The standard InChI is InChI=1S/C30H29N3O4S/c1-22-13-15-25(16-14-22)23(2)31-32-30(34)28-11-7-8-12-29(28)33(21-24-9-5-4-6-10-24)38(35,36)27-19-17-26(37-3)18-20-27/h4-20H,21H2,1-3H3,(H,32,34)/b31-23-. The van der Waals surface area contributed by atoms with Crippen LogP contribution in [0.1, 0.15) is 34.0 Å². The van der Waals surface area contributed by atoms with Gasteiger partial charge in [-0.1, -0.05) is 72.3 Å². The van der Waals surface area contributed by atoms with Crippen LogP contribution in [0.25, 0.3) is 0 Å². The van der Waals surface area contributed by atoms with E-state index in [1.165, 1.54) is 23.5 Å². The number of methoxy groups -OCH3 is 1. The van der Waals surface area contributed by atoms with Crippen molar-refractivity contribution in [3.05, 3.63) is 125 Å². The Balaban J connectivity index is 1.72. The number of hydrogen-bond donors (Lipinski definition) is 1. The predicted molar refractivity (Wildman–Crippen MR) is 150 cm³/mol. The van der Waals surface area contributed by atoms with E-state index in [2.05, 4.69) is 10.5 Å². The number of anilines is 1. The molecule has 4 aromatic rings. The molecule has 0 fully saturated rings. The Kier molecular flexibility index (Phi) is 8.23. The summed E-state index contributed by atoms with van der Waals surface area (Å²) in [5.41, 5.74) is 6.41. The average molecular weight is 528 g/mol. The number of rotatable bonds is 9. The van der Waals surface area contributed by atoms with E-state index in [0.29, 0.717) is 11.5 Å². The third-order valence-electron chi connectivity index (χ3n) is 6.03. The number of nitrogens with zero attached hydrogens (tertiary/aromatic N) is 2. The Morgan fingerprint density at radius 3 is 2.16 bits per heavy atom. The molecule has 1 amide bonds. The second-order valence-electron chi connectivity index (χ2n) is 8.69. The molecular formula is C30H29N3O4S. The number of nitrogens with one attached hydrogen (secondary N) is 1. The van der Waals surface area contributed by atoms with Gasteiger partial charge in [0, 0.05) is 0 Å². The van der Waals surface area contributed by atoms with Gasteiger partial charge in [-0.3, -0.25) is 9.10 Å². The van der Waals surface area contributed by atoms with Gasteiger partial charge >= 0.3 is 0 Å². The fourth-order valence-electron chi connectivity index (χ4n) is 3.86. The third kappa shape index (κ3) is 6.10. The van der Waals surface area contributed by atoms with Gasteiger partial charge in [0.2, 0.25) is 0 Å². The van der Waals surface area contributed by atoms with E-state index in [-0.39, 0.29) is 22.7 Å². The van der Waals surface area contributed by atoms with Crippen molar-refractivity contribution in [2.24, 2.45) is 5.10 Å². The lowest BCUT2D eigenvalue weighted by atomic mass is 10.1. The van der Waals surface area contributed by atoms with Crippen LogP contribution in [0, 0.1) is 6.92 Å². The summed E-state index contributed by atoms with van der Waals surface area (Å²) >= 11 is 0. The summed E-state index contributed by atoms with van der Waals surface area (Å²) in [6.45, 7) is 3.83. The van der Waals surface area contributed by atoms with Crippen LogP contribution in [0.15, 0.2) is 113 Å². The van der Waals surface area contributed by atoms with E-state index in [9.17, 15) is 13.2 Å². The Hall–Kier alpha value is -4.43. The Morgan fingerprint density at radius 2 is 1.50 bits per heavy atom. The summed E-state index contributed by atoms with van der Waals surface area (Å²) in [7, 11) is -2.53. The number of benzene rings is 4. The van der Waals surface area contributed by atoms with Crippen LogP contribution >= 0.6 is 0 Å². The van der Waals surface area contributed by atoms with Gasteiger partial charge in [0.05, 0.1) is 35.5 Å². The topological polar surface area (TPSA) is 88.1 Å². The Labute approximate surface area is 223 Å². The van der Waals surface area contributed by atoms with Crippen molar-refractivity contribution in [2.75, 3.05) is 11.4 Å². The predicted octanol–water partition coefficient (Wildman–Crippen LogP) is 5.55. The molecule has 8 heteroatoms. The number of sulfonamides is 1. The van der Waals surface area contributed by atoms with Crippen LogP contribution in [0.2, 0.25) is 0 Å². The summed E-state index contributed by atoms with van der Waals surface area (Å²) < 4.78 is 34.3. The minimum atomic E-state index is -4.05. The lowest BCUT2D eigenvalue weighted by molar-refractivity contribution is 0.0955. The molecule has 0 heterocycles. The normalized spacial score (nSPS) is 11.6. The fourth-order valence-corrected chi connectivity index (χ4v) is 5.33. The minimum Gasteiger partial charge on any atom is -0.497 e. The molecule has 194 valence electrons. The molecule has 0 atom stereocenters. The molecule has 0 radical (unpaired) electrons. The van der Waals surface area contributed by atoms with E-state index < -0.39 is 15.9 Å². The van der Waals surface area contributed by atoms with Crippen LogP contribution in [0.5, 0.6) is 5.75 Å². The van der Waals surface area contributed by atoms with E-state index in [1.54, 1.807) is 43.3 Å². The lowest BCUT2D eigenvalue weighted by Gasteiger charge is -2.26. The summed E-state index contributed by atoms with van der Waals surface area (Å²) in [5, 5.41) is 4.26. The Bertz CT molecular complexity index is 1530. The van der Waals surface area contributed by atoms with Gasteiger partial charge in [-0.2, -0.15) is 5.10 Å². The smallest absolute Gasteiger partial charge is 0.273 e. The summed E-state index contributed by atoms with van der Waals surface area (Å²) in [6.07, 6.45) is 0. The van der Waals surface area contributed by atoms with Gasteiger partial charge in [-0.15, -0.1) is 0 Å². The number of carbonyl (C=O) groups excluding carboxylic acids is 1. The molecule has 0 aromatic heterocycles. The average Bonchev–Trinajstić information content (AvgIpc) is 2.95. The van der Waals surface area contributed by atoms with E-state index in [4.69, 9.17) is 4.74 Å². The van der Waals surface area contributed by atoms with Crippen molar-refractivity contribution in [2.45, 2.75) is 25.3 Å². The zero-order valence-corrected chi connectivity index (χ0v) is 22.3. The van der Waals surface area contributed by atoms with E-state index in [1.807, 2.05) is 61.5 Å². The van der Waals surface area contributed by atoms with Crippen LogP contribution in [-0.4, -0.2) is 27.1 Å². The van der Waals surface area contributed by atoms with Crippen molar-refractivity contribution in [3.63, 3.8) is 0 Å². The summed E-state index contributed by atoms with van der Waals surface area (Å²) in [5.74, 6) is 0.0233. The molecule has 0 aliphatic carbocycles. The third-order valence-corrected chi connectivity index (χ3v) is 7.80. The zero-order valence-electron chi connectivity index (χ0n) is 21.5. The van der Waals surface area contributed by atoms with E-state index >= 15 is 0 Å². The van der Waals surface area contributed by atoms with Crippen molar-refractivity contribution < 1.29 is 17.9 Å². The SMILES string of the molecule is COc1ccc(S(=O)(=O)N(Cc2ccccc2)c2ccccc2C(=O)N/N=C(/C)c2ccc(C)cc2)cc1. The number of para-hydroxylation sites is 1. The molecule has 1 N–H and O–H groups in total. The maximum atomic E-state index is 13.9. The lowest BCUT2D eigenvalue weighted by Crippen LogP contribution is -2.33. The van der Waals surface area contributed by atoms with Crippen molar-refractivity contribution in [3.8, 4) is 5.75 Å². The Morgan fingerprint density at radius 1 is 0.868 bits per heavy atom. The van der Waals surface area contributed by atoms with Crippen LogP contribution in [0.3, 0.4) is 0 Å². The second-order valence-corrected chi connectivity index (χ2v) is 10.6. The first-order chi connectivity index (χ1) is 18.3. The maximum Gasteiger partial charge on any atom is 0.273 e. The monoisotopic (exact) mass is 527 g/mol. The molecule has 4 rings (SSSR count). The highest BCUT2D eigenvalue weighted by atomic mass is 32.2. The number of hydrogen-bond acceptors (Lipinski definition) is 5. The minimum absolute atomic E-state index is 0.0329. The highest BCUT2D eigenvalue weighted by Gasteiger charge is 2.28. The van der Waals surface area contributed by atoms with Gasteiger partial charge in [-0.25, -0.2) is 13.8 Å². The molecule has 0 saturated carbocycles. The molecule has 7 nitrogen and oxygen atoms in total. The van der Waals surface area contributed by atoms with Crippen LogP contribution in [0.4, 0.5) is 5.69 Å². The highest BCUT2D eigenvalue weighted by Crippen LogP contribution is 2.30. The molecular weight excluding hydrogens is 498 g/mol. The first kappa shape index (κ1) is 26.6. The van der Waals surface area contributed by atoms with Crippen LogP contribution in [-0.2, 0) is 16.6 Å². The first-order valence-electron chi connectivity index (χ1n) is 12.0. The quantitative estimate of drug-likeness (QED) is 0.228. The molecule has 0 unspecified atom stereocenters. The fraction of sp³-hybridized carbons (Fsp3) is 0.133. The maximum absolute atomic E-state index is 13.9. The second kappa shape index (κ2) is 11.7. The van der Waals surface area contributed by atoms with Gasteiger partial charge in [0.1, 0.15) is 5.75 Å². The summed E-state index contributed by atoms with van der Waals surface area (Å²) in [4.78, 5) is 13.4. The largest absolute Gasteiger partial charge is 0.497 e. The van der Waals surface area contributed by atoms with Gasteiger partial charge in [0.25, 0.3) is 15.9 Å². The van der Waals surface area contributed by atoms with E-state index in [0.717, 1.165) is 16.7 Å². The highest BCUT2D eigenvalue weighted by molar-refractivity contribution is 7.92. The number of ether oxygens (including phenoxy) is 1. The molecule has 0 spiro atoms. The van der Waals surface area contributed by atoms with Gasteiger partial charge < -0.3 is 4.74 Å². The molecule has 0 aliphatic rings. The van der Waals surface area contributed by atoms with Crippen molar-refractivity contribution in [1.29, 1.82) is 0 Å². The van der Waals surface area contributed by atoms with Crippen LogP contribution < -0.4 is 14.5 Å². The number of amides is 1. The molecule has 4 aromatic carbocycles.